The normalized spacial score (nSPS) is 14.9. The summed E-state index contributed by atoms with van der Waals surface area (Å²) in [6, 6.07) is -2.12. The van der Waals surface area contributed by atoms with Crippen LogP contribution in [0.2, 0.25) is 0 Å². The molecule has 0 aromatic rings. The van der Waals surface area contributed by atoms with Crippen LogP contribution in [0.3, 0.4) is 0 Å². The van der Waals surface area contributed by atoms with Crippen molar-refractivity contribution >= 4 is 11.9 Å². The van der Waals surface area contributed by atoms with Crippen LogP contribution in [0.25, 0.3) is 0 Å². The van der Waals surface area contributed by atoms with Gasteiger partial charge in [-0.05, 0) is 19.3 Å². The van der Waals surface area contributed by atoms with Gasteiger partial charge in [0.15, 0.2) is 0 Å². The highest BCUT2D eigenvalue weighted by Crippen LogP contribution is 2.00. The minimum Gasteiger partial charge on any atom is -0.548 e. The van der Waals surface area contributed by atoms with Crippen LogP contribution in [-0.2, 0) is 9.59 Å². The van der Waals surface area contributed by atoms with Crippen molar-refractivity contribution in [2.24, 2.45) is 11.5 Å². The largest absolute Gasteiger partial charge is 0.548 e. The molecule has 0 rings (SSSR count). The van der Waals surface area contributed by atoms with Crippen LogP contribution in [0.15, 0.2) is 0 Å². The molecule has 6 nitrogen and oxygen atoms in total. The number of rotatable bonds is 6. The third-order valence-corrected chi connectivity index (χ3v) is 1.64. The predicted octanol–water partition coefficient (Wildman–Crippen LogP) is -3.69. The van der Waals surface area contributed by atoms with Crippen LogP contribution in [-0.4, -0.2) is 24.0 Å². The predicted molar refractivity (Wildman–Crippen MR) is 39.8 cm³/mol. The Kier molecular flexibility index (Phi) is 5.01. The number of carboxylic acids is 2. The molecule has 0 amide bonds. The van der Waals surface area contributed by atoms with E-state index in [-0.39, 0.29) is 12.8 Å². The average molecular weight is 188 g/mol. The van der Waals surface area contributed by atoms with Crippen molar-refractivity contribution in [2.75, 3.05) is 0 Å². The van der Waals surface area contributed by atoms with Crippen LogP contribution >= 0.6 is 0 Å². The van der Waals surface area contributed by atoms with Gasteiger partial charge in [-0.1, -0.05) is 0 Å². The molecular formula is C7H12N2O4-2. The lowest BCUT2D eigenvalue weighted by Gasteiger charge is -2.15. The SMILES string of the molecule is NC(CCCC(N)C(=O)[O-])C(=O)[O-]. The molecule has 0 fully saturated rings. The quantitative estimate of drug-likeness (QED) is 0.441. The lowest BCUT2D eigenvalue weighted by Crippen LogP contribution is -2.43. The summed E-state index contributed by atoms with van der Waals surface area (Å²) < 4.78 is 0. The summed E-state index contributed by atoms with van der Waals surface area (Å²) in [4.78, 5) is 20.2. The molecule has 0 heterocycles. The van der Waals surface area contributed by atoms with Crippen LogP contribution in [0.4, 0.5) is 0 Å². The van der Waals surface area contributed by atoms with E-state index in [4.69, 9.17) is 11.5 Å². The highest BCUT2D eigenvalue weighted by molar-refractivity contribution is 5.71. The lowest BCUT2D eigenvalue weighted by molar-refractivity contribution is -0.308. The number of hydrogen-bond acceptors (Lipinski definition) is 6. The second-order valence-electron chi connectivity index (χ2n) is 2.78. The standard InChI is InChI=1S/C7H14N2O4/c8-4(6(10)11)2-1-3-5(9)7(12)13/h4-5H,1-3,8-9H2,(H,10,11)(H,12,13)/p-2. The molecule has 6 heteroatoms. The van der Waals surface area contributed by atoms with Gasteiger partial charge in [-0.3, -0.25) is 0 Å². The second kappa shape index (κ2) is 5.50. The molecule has 0 saturated carbocycles. The van der Waals surface area contributed by atoms with Crippen molar-refractivity contribution in [1.82, 2.24) is 0 Å². The first-order valence-electron chi connectivity index (χ1n) is 3.88. The average Bonchev–Trinajstić information content (AvgIpc) is 2.03. The zero-order chi connectivity index (χ0) is 10.4. The van der Waals surface area contributed by atoms with E-state index in [1.54, 1.807) is 0 Å². The van der Waals surface area contributed by atoms with Gasteiger partial charge >= 0.3 is 0 Å². The van der Waals surface area contributed by atoms with Crippen molar-refractivity contribution in [2.45, 2.75) is 31.3 Å². The monoisotopic (exact) mass is 188 g/mol. The number of carbonyl (C=O) groups excluding carboxylic acids is 2. The van der Waals surface area contributed by atoms with Gasteiger partial charge < -0.3 is 31.3 Å². The molecule has 0 aromatic heterocycles. The van der Waals surface area contributed by atoms with Gasteiger partial charge in [-0.2, -0.15) is 0 Å². The highest BCUT2D eigenvalue weighted by atomic mass is 16.4. The van der Waals surface area contributed by atoms with Gasteiger partial charge in [0.2, 0.25) is 0 Å². The summed E-state index contributed by atoms with van der Waals surface area (Å²) in [6.45, 7) is 0. The Balaban J connectivity index is 3.56. The number of hydrogen-bond donors (Lipinski definition) is 2. The van der Waals surface area contributed by atoms with Crippen LogP contribution < -0.4 is 21.7 Å². The summed E-state index contributed by atoms with van der Waals surface area (Å²) >= 11 is 0. The first kappa shape index (κ1) is 11.9. The van der Waals surface area contributed by atoms with Gasteiger partial charge in [0.1, 0.15) is 0 Å². The van der Waals surface area contributed by atoms with Crippen molar-refractivity contribution in [3.05, 3.63) is 0 Å². The summed E-state index contributed by atoms with van der Waals surface area (Å²) in [5.41, 5.74) is 10.2. The summed E-state index contributed by atoms with van der Waals surface area (Å²) in [6.07, 6.45) is 0.636. The van der Waals surface area contributed by atoms with Crippen LogP contribution in [0.1, 0.15) is 19.3 Å². The van der Waals surface area contributed by atoms with Crippen molar-refractivity contribution in [1.29, 1.82) is 0 Å². The molecule has 4 N–H and O–H groups in total. The zero-order valence-electron chi connectivity index (χ0n) is 7.06. The van der Waals surface area contributed by atoms with E-state index < -0.39 is 24.0 Å². The Labute approximate surface area is 75.5 Å². The Morgan fingerprint density at radius 1 is 1.00 bits per heavy atom. The molecule has 13 heavy (non-hydrogen) atoms. The molecular weight excluding hydrogens is 176 g/mol. The summed E-state index contributed by atoms with van der Waals surface area (Å²) in [5.74, 6) is -2.69. The fourth-order valence-electron chi connectivity index (χ4n) is 0.793. The fourth-order valence-corrected chi connectivity index (χ4v) is 0.793. The van der Waals surface area contributed by atoms with Crippen molar-refractivity contribution < 1.29 is 19.8 Å². The maximum atomic E-state index is 10.1. The maximum absolute atomic E-state index is 10.1. The number of carboxylic acid groups (broad SMARTS) is 2. The van der Waals surface area contributed by atoms with Crippen molar-refractivity contribution in [3.63, 3.8) is 0 Å². The molecule has 0 aliphatic rings. The van der Waals surface area contributed by atoms with Gasteiger partial charge in [-0.15, -0.1) is 0 Å². The molecule has 0 aromatic carbocycles. The zero-order valence-corrected chi connectivity index (χ0v) is 7.06. The number of carbonyl (C=O) groups is 2. The van der Waals surface area contributed by atoms with E-state index in [1.165, 1.54) is 0 Å². The van der Waals surface area contributed by atoms with E-state index in [9.17, 15) is 19.8 Å². The van der Waals surface area contributed by atoms with E-state index in [0.29, 0.717) is 6.42 Å². The molecule has 0 saturated heterocycles. The molecule has 2 atom stereocenters. The first-order chi connectivity index (χ1) is 5.95. The first-order valence-corrected chi connectivity index (χ1v) is 3.88. The molecule has 76 valence electrons. The molecule has 0 bridgehead atoms. The lowest BCUT2D eigenvalue weighted by atomic mass is 10.1. The van der Waals surface area contributed by atoms with Crippen LogP contribution in [0, 0.1) is 0 Å². The molecule has 2 unspecified atom stereocenters. The Morgan fingerprint density at radius 3 is 1.54 bits per heavy atom. The third kappa shape index (κ3) is 5.15. The van der Waals surface area contributed by atoms with E-state index in [0.717, 1.165) is 0 Å². The third-order valence-electron chi connectivity index (χ3n) is 1.64. The smallest absolute Gasteiger partial charge is 0.0582 e. The topological polar surface area (TPSA) is 132 Å². The fraction of sp³-hybridized carbons (Fsp3) is 0.714. The molecule has 0 spiro atoms. The molecule has 0 aliphatic carbocycles. The Hall–Kier alpha value is -1.14. The second-order valence-corrected chi connectivity index (χ2v) is 2.78. The molecule has 0 radical (unpaired) electrons. The Morgan fingerprint density at radius 2 is 1.31 bits per heavy atom. The molecule has 0 aliphatic heterocycles. The number of aliphatic carboxylic acids is 2. The van der Waals surface area contributed by atoms with Gasteiger partial charge in [0.05, 0.1) is 11.9 Å². The van der Waals surface area contributed by atoms with Gasteiger partial charge in [0.25, 0.3) is 0 Å². The van der Waals surface area contributed by atoms with Gasteiger partial charge in [-0.25, -0.2) is 0 Å². The van der Waals surface area contributed by atoms with Gasteiger partial charge in [0, 0.05) is 12.1 Å². The summed E-state index contributed by atoms with van der Waals surface area (Å²) in [7, 11) is 0. The van der Waals surface area contributed by atoms with Crippen molar-refractivity contribution in [3.8, 4) is 0 Å². The minimum absolute atomic E-state index is 0.156. The van der Waals surface area contributed by atoms with E-state index in [2.05, 4.69) is 0 Å². The maximum Gasteiger partial charge on any atom is 0.0582 e. The summed E-state index contributed by atoms with van der Waals surface area (Å²) in [5, 5.41) is 20.2. The van der Waals surface area contributed by atoms with Crippen LogP contribution in [0.5, 0.6) is 0 Å². The van der Waals surface area contributed by atoms with E-state index >= 15 is 0 Å². The highest BCUT2D eigenvalue weighted by Gasteiger charge is 2.06. The number of nitrogens with two attached hydrogens (primary N) is 2. The minimum atomic E-state index is -1.35. The Bertz CT molecular complexity index is 175. The van der Waals surface area contributed by atoms with E-state index in [1.807, 2.05) is 0 Å².